The van der Waals surface area contributed by atoms with Crippen LogP contribution >= 0.6 is 11.3 Å². The lowest BCUT2D eigenvalue weighted by Crippen LogP contribution is -2.27. The Morgan fingerprint density at radius 3 is 3.04 bits per heavy atom. The second-order valence-electron chi connectivity index (χ2n) is 6.87. The van der Waals surface area contributed by atoms with Crippen molar-refractivity contribution >= 4 is 27.5 Å². The summed E-state index contributed by atoms with van der Waals surface area (Å²) < 4.78 is 6.63. The summed E-state index contributed by atoms with van der Waals surface area (Å²) in [4.78, 5) is 35.7. The van der Waals surface area contributed by atoms with Gasteiger partial charge in [-0.2, -0.15) is 0 Å². The van der Waals surface area contributed by atoms with Gasteiger partial charge in [-0.15, -0.1) is 11.3 Å². The SMILES string of the molecule is COc1cc(CNC(=O)CCn2cnc3sc4c(c3c2=O)CCCC4)ccn1. The molecule has 7 nitrogen and oxygen atoms in total. The number of hydrogen-bond donors (Lipinski definition) is 1. The normalized spacial score (nSPS) is 13.3. The predicted octanol–water partition coefficient (Wildman–Crippen LogP) is 2.45. The number of nitrogens with zero attached hydrogens (tertiary/aromatic N) is 3. The van der Waals surface area contributed by atoms with Gasteiger partial charge in [0.15, 0.2) is 0 Å². The Kier molecular flexibility index (Phi) is 5.38. The van der Waals surface area contributed by atoms with Crippen molar-refractivity contribution in [1.29, 1.82) is 0 Å². The average Bonchev–Trinajstić information content (AvgIpc) is 3.11. The maximum atomic E-state index is 12.9. The molecule has 1 N–H and O–H groups in total. The van der Waals surface area contributed by atoms with Gasteiger partial charge in [0.2, 0.25) is 11.8 Å². The summed E-state index contributed by atoms with van der Waals surface area (Å²) in [7, 11) is 1.55. The molecule has 0 radical (unpaired) electrons. The van der Waals surface area contributed by atoms with Gasteiger partial charge in [0.1, 0.15) is 4.83 Å². The van der Waals surface area contributed by atoms with Crippen LogP contribution in [-0.4, -0.2) is 27.6 Å². The minimum Gasteiger partial charge on any atom is -0.481 e. The quantitative estimate of drug-likeness (QED) is 0.689. The van der Waals surface area contributed by atoms with Gasteiger partial charge in [0, 0.05) is 36.7 Å². The molecule has 0 fully saturated rings. The molecule has 3 heterocycles. The number of methoxy groups -OCH3 is 1. The number of aryl methyl sites for hydroxylation is 3. The highest BCUT2D eigenvalue weighted by Gasteiger charge is 2.20. The van der Waals surface area contributed by atoms with Crippen LogP contribution in [-0.2, 0) is 30.7 Å². The van der Waals surface area contributed by atoms with E-state index in [9.17, 15) is 9.59 Å². The molecule has 0 spiro atoms. The molecule has 28 heavy (non-hydrogen) atoms. The van der Waals surface area contributed by atoms with E-state index in [1.807, 2.05) is 6.07 Å². The van der Waals surface area contributed by atoms with Gasteiger partial charge in [-0.25, -0.2) is 9.97 Å². The van der Waals surface area contributed by atoms with Crippen LogP contribution in [0.25, 0.3) is 10.2 Å². The first-order valence-electron chi connectivity index (χ1n) is 9.41. The Balaban J connectivity index is 1.41. The number of hydrogen-bond acceptors (Lipinski definition) is 6. The maximum Gasteiger partial charge on any atom is 0.262 e. The molecule has 146 valence electrons. The lowest BCUT2D eigenvalue weighted by atomic mass is 9.97. The molecule has 0 bridgehead atoms. The zero-order valence-corrected chi connectivity index (χ0v) is 16.6. The number of pyridine rings is 1. The molecule has 3 aromatic rings. The molecule has 8 heteroatoms. The molecular weight excluding hydrogens is 376 g/mol. The fourth-order valence-electron chi connectivity index (χ4n) is 3.52. The summed E-state index contributed by atoms with van der Waals surface area (Å²) in [6, 6.07) is 3.60. The molecule has 3 aromatic heterocycles. The fraction of sp³-hybridized carbons (Fsp3) is 0.400. The molecule has 0 saturated heterocycles. The van der Waals surface area contributed by atoms with Gasteiger partial charge >= 0.3 is 0 Å². The van der Waals surface area contributed by atoms with E-state index in [-0.39, 0.29) is 17.9 Å². The van der Waals surface area contributed by atoms with Crippen molar-refractivity contribution in [1.82, 2.24) is 19.9 Å². The molecule has 0 saturated carbocycles. The monoisotopic (exact) mass is 398 g/mol. The second kappa shape index (κ2) is 8.10. The van der Waals surface area contributed by atoms with E-state index in [4.69, 9.17) is 4.74 Å². The predicted molar refractivity (Wildman–Crippen MR) is 108 cm³/mol. The Morgan fingerprint density at radius 1 is 1.32 bits per heavy atom. The maximum absolute atomic E-state index is 12.9. The lowest BCUT2D eigenvalue weighted by molar-refractivity contribution is -0.121. The van der Waals surface area contributed by atoms with Crippen LogP contribution in [0.2, 0.25) is 0 Å². The van der Waals surface area contributed by atoms with Crippen molar-refractivity contribution in [3.05, 3.63) is 51.0 Å². The van der Waals surface area contributed by atoms with E-state index in [1.165, 1.54) is 16.9 Å². The second-order valence-corrected chi connectivity index (χ2v) is 7.95. The van der Waals surface area contributed by atoms with Crippen molar-refractivity contribution < 1.29 is 9.53 Å². The minimum absolute atomic E-state index is 0.0314. The van der Waals surface area contributed by atoms with E-state index in [0.717, 1.165) is 35.0 Å². The third-order valence-electron chi connectivity index (χ3n) is 5.02. The number of carbonyl (C=O) groups is 1. The third kappa shape index (κ3) is 3.77. The van der Waals surface area contributed by atoms with E-state index >= 15 is 0 Å². The van der Waals surface area contributed by atoms with Crippen molar-refractivity contribution in [3.8, 4) is 5.88 Å². The van der Waals surface area contributed by atoms with E-state index in [2.05, 4.69) is 15.3 Å². The Morgan fingerprint density at radius 2 is 2.18 bits per heavy atom. The van der Waals surface area contributed by atoms with Gasteiger partial charge in [-0.3, -0.25) is 14.2 Å². The number of thiophene rings is 1. The van der Waals surface area contributed by atoms with Crippen LogP contribution in [0.3, 0.4) is 0 Å². The molecule has 4 rings (SSSR count). The highest BCUT2D eigenvalue weighted by molar-refractivity contribution is 7.18. The number of nitrogens with one attached hydrogen (secondary N) is 1. The van der Waals surface area contributed by atoms with Crippen molar-refractivity contribution in [3.63, 3.8) is 0 Å². The van der Waals surface area contributed by atoms with Crippen LogP contribution < -0.4 is 15.6 Å². The number of carbonyl (C=O) groups excluding carboxylic acids is 1. The first-order chi connectivity index (χ1) is 13.7. The number of aromatic nitrogens is 3. The first kappa shape index (κ1) is 18.6. The Hall–Kier alpha value is -2.74. The van der Waals surface area contributed by atoms with Gasteiger partial charge in [-0.05, 0) is 42.9 Å². The average molecular weight is 398 g/mol. The summed E-state index contributed by atoms with van der Waals surface area (Å²) >= 11 is 1.64. The summed E-state index contributed by atoms with van der Waals surface area (Å²) in [6.45, 7) is 0.708. The van der Waals surface area contributed by atoms with Gasteiger partial charge in [0.25, 0.3) is 5.56 Å². The number of ether oxygens (including phenoxy) is 1. The van der Waals surface area contributed by atoms with Gasteiger partial charge < -0.3 is 10.1 Å². The van der Waals surface area contributed by atoms with Crippen LogP contribution in [0.5, 0.6) is 5.88 Å². The van der Waals surface area contributed by atoms with Crippen LogP contribution in [0, 0.1) is 0 Å². The highest BCUT2D eigenvalue weighted by atomic mass is 32.1. The highest BCUT2D eigenvalue weighted by Crippen LogP contribution is 2.33. The molecule has 1 aliphatic carbocycles. The fourth-order valence-corrected chi connectivity index (χ4v) is 4.74. The van der Waals surface area contributed by atoms with Gasteiger partial charge in [0.05, 0.1) is 18.8 Å². The van der Waals surface area contributed by atoms with Crippen molar-refractivity contribution in [2.75, 3.05) is 7.11 Å². The Bertz CT molecular complexity index is 1070. The summed E-state index contributed by atoms with van der Waals surface area (Å²) in [5, 5.41) is 3.62. The summed E-state index contributed by atoms with van der Waals surface area (Å²) in [5.41, 5.74) is 2.05. The van der Waals surface area contributed by atoms with E-state index in [1.54, 1.807) is 41.6 Å². The van der Waals surface area contributed by atoms with Crippen molar-refractivity contribution in [2.24, 2.45) is 0 Å². The lowest BCUT2D eigenvalue weighted by Gasteiger charge is -2.10. The standard InChI is InChI=1S/C20H22N4O3S/c1-27-17-10-13(6-8-21-17)11-22-16(25)7-9-24-12-23-19-18(20(24)26)14-4-2-3-5-15(14)28-19/h6,8,10,12H,2-5,7,9,11H2,1H3,(H,22,25). The smallest absolute Gasteiger partial charge is 0.262 e. The largest absolute Gasteiger partial charge is 0.481 e. The van der Waals surface area contributed by atoms with Crippen molar-refractivity contribution in [2.45, 2.75) is 45.2 Å². The topological polar surface area (TPSA) is 86.1 Å². The number of amides is 1. The van der Waals surface area contributed by atoms with Crippen LogP contribution in [0.15, 0.2) is 29.5 Å². The first-order valence-corrected chi connectivity index (χ1v) is 10.2. The molecular formula is C20H22N4O3S. The number of fused-ring (bicyclic) bond motifs is 3. The molecule has 0 aromatic carbocycles. The molecule has 0 atom stereocenters. The van der Waals surface area contributed by atoms with E-state index in [0.29, 0.717) is 19.0 Å². The van der Waals surface area contributed by atoms with Gasteiger partial charge in [-0.1, -0.05) is 0 Å². The third-order valence-corrected chi connectivity index (χ3v) is 6.22. The zero-order valence-electron chi connectivity index (χ0n) is 15.7. The minimum atomic E-state index is -0.116. The zero-order chi connectivity index (χ0) is 19.5. The summed E-state index contributed by atoms with van der Waals surface area (Å²) in [6.07, 6.45) is 7.72. The Labute approximate surface area is 166 Å². The number of rotatable bonds is 6. The summed E-state index contributed by atoms with van der Waals surface area (Å²) in [5.74, 6) is 0.395. The van der Waals surface area contributed by atoms with E-state index < -0.39 is 0 Å². The van der Waals surface area contributed by atoms with Crippen LogP contribution in [0.1, 0.15) is 35.3 Å². The molecule has 1 amide bonds. The molecule has 0 unspecified atom stereocenters. The molecule has 1 aliphatic rings. The van der Waals surface area contributed by atoms with Crippen LogP contribution in [0.4, 0.5) is 0 Å². The molecule has 0 aliphatic heterocycles.